The Morgan fingerprint density at radius 3 is 2.38 bits per heavy atom. The van der Waals surface area contributed by atoms with Gasteiger partial charge in [0.05, 0.1) is 4.88 Å². The first-order valence-electron chi connectivity index (χ1n) is 7.51. The summed E-state index contributed by atoms with van der Waals surface area (Å²) in [6.45, 7) is 10.1. The van der Waals surface area contributed by atoms with Crippen molar-refractivity contribution in [2.24, 2.45) is 0 Å². The third-order valence-corrected chi connectivity index (χ3v) is 4.30. The van der Waals surface area contributed by atoms with Gasteiger partial charge in [0.1, 0.15) is 0 Å². The molecule has 0 unspecified atom stereocenters. The van der Waals surface area contributed by atoms with Gasteiger partial charge in [-0.05, 0) is 39.1 Å². The predicted octanol–water partition coefficient (Wildman–Crippen LogP) is 2.95. The largest absolute Gasteiger partial charge is 0.355 e. The van der Waals surface area contributed by atoms with Crippen LogP contribution in [0.5, 0.6) is 0 Å². The zero-order valence-corrected chi connectivity index (χ0v) is 14.2. The van der Waals surface area contributed by atoms with E-state index in [1.165, 1.54) is 11.3 Å². The molecule has 1 amide bonds. The van der Waals surface area contributed by atoms with Gasteiger partial charge < -0.3 is 5.32 Å². The Balaban J connectivity index is 2.24. The molecule has 0 atom stereocenters. The molecule has 0 aliphatic heterocycles. The minimum Gasteiger partial charge on any atom is -0.355 e. The van der Waals surface area contributed by atoms with Gasteiger partial charge in [-0.2, -0.15) is 0 Å². The highest BCUT2D eigenvalue weighted by molar-refractivity contribution is 7.12. The molecule has 0 radical (unpaired) electrons. The summed E-state index contributed by atoms with van der Waals surface area (Å²) in [7, 11) is 0. The topological polar surface area (TPSA) is 49.4 Å². The molecule has 5 heteroatoms. The second-order valence-corrected chi connectivity index (χ2v) is 6.62. The predicted molar refractivity (Wildman–Crippen MR) is 87.9 cm³/mol. The average Bonchev–Trinajstić information content (AvgIpc) is 2.94. The van der Waals surface area contributed by atoms with Gasteiger partial charge in [-0.1, -0.05) is 6.07 Å². The lowest BCUT2D eigenvalue weighted by Crippen LogP contribution is -2.42. The summed E-state index contributed by atoms with van der Waals surface area (Å²) in [5.74, 6) is -0.00138. The summed E-state index contributed by atoms with van der Waals surface area (Å²) in [5.41, 5.74) is 0. The lowest BCUT2D eigenvalue weighted by molar-refractivity contribution is -0.121. The first-order valence-corrected chi connectivity index (χ1v) is 8.39. The van der Waals surface area contributed by atoms with Crippen LogP contribution in [0.3, 0.4) is 0 Å². The van der Waals surface area contributed by atoms with Crippen LogP contribution in [-0.2, 0) is 4.79 Å². The average molecular weight is 310 g/mol. The molecule has 1 heterocycles. The Morgan fingerprint density at radius 1 is 1.19 bits per heavy atom. The summed E-state index contributed by atoms with van der Waals surface area (Å²) in [6, 6.07) is 4.57. The molecule has 0 aliphatic carbocycles. The maximum Gasteiger partial charge on any atom is 0.220 e. The van der Waals surface area contributed by atoms with E-state index in [1.807, 2.05) is 11.4 Å². The fourth-order valence-electron chi connectivity index (χ4n) is 2.31. The van der Waals surface area contributed by atoms with Crippen LogP contribution in [0.4, 0.5) is 0 Å². The van der Waals surface area contributed by atoms with Crippen LogP contribution >= 0.6 is 11.3 Å². The van der Waals surface area contributed by atoms with Crippen LogP contribution in [-0.4, -0.2) is 41.8 Å². The molecule has 0 aliphatic rings. The van der Waals surface area contributed by atoms with Gasteiger partial charge in [-0.3, -0.25) is 14.5 Å². The first kappa shape index (κ1) is 17.9. The van der Waals surface area contributed by atoms with E-state index in [2.05, 4.69) is 37.9 Å². The number of Topliss-reactive ketones (excluding diaryl/α,β-unsaturated/α-hetero) is 1. The molecule has 118 valence electrons. The molecule has 1 N–H and O–H groups in total. The summed E-state index contributed by atoms with van der Waals surface area (Å²) >= 11 is 1.42. The molecule has 0 fully saturated rings. The van der Waals surface area contributed by atoms with Crippen molar-refractivity contribution in [1.82, 2.24) is 10.2 Å². The number of thiophene rings is 1. The summed E-state index contributed by atoms with van der Waals surface area (Å²) in [6.07, 6.45) is 0.546. The fraction of sp³-hybridized carbons (Fsp3) is 0.625. The minimum absolute atomic E-state index is 0.0473. The van der Waals surface area contributed by atoms with E-state index in [-0.39, 0.29) is 24.5 Å². The van der Waals surface area contributed by atoms with Crippen LogP contribution in [0.1, 0.15) is 50.2 Å². The highest BCUT2D eigenvalue weighted by Crippen LogP contribution is 2.12. The molecular weight excluding hydrogens is 284 g/mol. The van der Waals surface area contributed by atoms with Crippen LogP contribution in [0.25, 0.3) is 0 Å². The van der Waals surface area contributed by atoms with Gasteiger partial charge in [-0.15, -0.1) is 11.3 Å². The van der Waals surface area contributed by atoms with Crippen molar-refractivity contribution in [3.05, 3.63) is 22.4 Å². The van der Waals surface area contributed by atoms with Crippen LogP contribution in [0.15, 0.2) is 17.5 Å². The summed E-state index contributed by atoms with van der Waals surface area (Å²) in [5, 5.41) is 4.77. The highest BCUT2D eigenvalue weighted by atomic mass is 32.1. The molecule has 1 aromatic rings. The van der Waals surface area contributed by atoms with Gasteiger partial charge in [-0.25, -0.2) is 0 Å². The Hall–Kier alpha value is -1.20. The van der Waals surface area contributed by atoms with E-state index in [0.29, 0.717) is 18.6 Å². The van der Waals surface area contributed by atoms with Crippen LogP contribution in [0, 0.1) is 0 Å². The molecule has 0 spiro atoms. The van der Waals surface area contributed by atoms with Crippen molar-refractivity contribution < 1.29 is 9.59 Å². The highest BCUT2D eigenvalue weighted by Gasteiger charge is 2.14. The number of nitrogens with one attached hydrogen (secondary N) is 1. The normalized spacial score (nSPS) is 11.4. The number of rotatable bonds is 9. The van der Waals surface area contributed by atoms with E-state index in [0.717, 1.165) is 11.4 Å². The van der Waals surface area contributed by atoms with Crippen molar-refractivity contribution >= 4 is 23.0 Å². The Labute approximate surface area is 131 Å². The number of hydrogen-bond donors (Lipinski definition) is 1. The fourth-order valence-corrected chi connectivity index (χ4v) is 3.01. The van der Waals surface area contributed by atoms with E-state index in [9.17, 15) is 9.59 Å². The zero-order valence-electron chi connectivity index (χ0n) is 13.4. The first-order chi connectivity index (χ1) is 9.91. The molecule has 1 aromatic heterocycles. The molecule has 1 rings (SSSR count). The molecule has 0 aromatic carbocycles. The quantitative estimate of drug-likeness (QED) is 0.713. The smallest absolute Gasteiger partial charge is 0.220 e. The minimum atomic E-state index is -0.0487. The SMILES string of the molecule is CC(C)N(CCNC(=O)CCC(=O)c1cccs1)C(C)C. The van der Waals surface area contributed by atoms with E-state index in [1.54, 1.807) is 6.07 Å². The molecule has 0 saturated heterocycles. The van der Waals surface area contributed by atoms with Crippen molar-refractivity contribution in [3.8, 4) is 0 Å². The van der Waals surface area contributed by atoms with E-state index in [4.69, 9.17) is 0 Å². The van der Waals surface area contributed by atoms with E-state index >= 15 is 0 Å². The maximum atomic E-state index is 11.8. The Bertz CT molecular complexity index is 433. The Kier molecular flexibility index (Phi) is 7.61. The Morgan fingerprint density at radius 2 is 1.86 bits per heavy atom. The lowest BCUT2D eigenvalue weighted by Gasteiger charge is -2.30. The van der Waals surface area contributed by atoms with Gasteiger partial charge in [0.2, 0.25) is 5.91 Å². The lowest BCUT2D eigenvalue weighted by atomic mass is 10.2. The third kappa shape index (κ3) is 6.40. The number of nitrogens with zero attached hydrogens (tertiary/aromatic N) is 1. The van der Waals surface area contributed by atoms with Crippen LogP contribution in [0.2, 0.25) is 0 Å². The van der Waals surface area contributed by atoms with Gasteiger partial charge in [0.25, 0.3) is 0 Å². The van der Waals surface area contributed by atoms with Crippen molar-refractivity contribution in [2.45, 2.75) is 52.6 Å². The third-order valence-electron chi connectivity index (χ3n) is 3.39. The van der Waals surface area contributed by atoms with Crippen LogP contribution < -0.4 is 5.32 Å². The molecule has 0 bridgehead atoms. The zero-order chi connectivity index (χ0) is 15.8. The molecule has 0 saturated carbocycles. The number of hydrogen-bond acceptors (Lipinski definition) is 4. The number of amides is 1. The number of ketones is 1. The number of carbonyl (C=O) groups is 2. The molecule has 21 heavy (non-hydrogen) atoms. The monoisotopic (exact) mass is 310 g/mol. The second kappa shape index (κ2) is 8.95. The van der Waals surface area contributed by atoms with Gasteiger partial charge in [0, 0.05) is 38.0 Å². The van der Waals surface area contributed by atoms with Gasteiger partial charge in [0.15, 0.2) is 5.78 Å². The van der Waals surface area contributed by atoms with Crippen molar-refractivity contribution in [2.75, 3.05) is 13.1 Å². The molecule has 4 nitrogen and oxygen atoms in total. The van der Waals surface area contributed by atoms with Crippen molar-refractivity contribution in [1.29, 1.82) is 0 Å². The van der Waals surface area contributed by atoms with Gasteiger partial charge >= 0.3 is 0 Å². The summed E-state index contributed by atoms with van der Waals surface area (Å²) < 4.78 is 0. The van der Waals surface area contributed by atoms with E-state index < -0.39 is 0 Å². The number of carbonyl (C=O) groups excluding carboxylic acids is 2. The van der Waals surface area contributed by atoms with Crippen molar-refractivity contribution in [3.63, 3.8) is 0 Å². The maximum absolute atomic E-state index is 11.8. The second-order valence-electron chi connectivity index (χ2n) is 5.68. The summed E-state index contributed by atoms with van der Waals surface area (Å²) in [4.78, 5) is 26.6. The molecular formula is C16H26N2O2S. The standard InChI is InChI=1S/C16H26N2O2S/c1-12(2)18(13(3)4)10-9-17-16(20)8-7-14(19)15-6-5-11-21-15/h5-6,11-13H,7-10H2,1-4H3,(H,17,20).